The van der Waals surface area contributed by atoms with Gasteiger partial charge in [0.1, 0.15) is 5.82 Å². The molecule has 126 valence electrons. The molecular weight excluding hydrogens is 295 g/mol. The van der Waals surface area contributed by atoms with Gasteiger partial charge in [0, 0.05) is 19.5 Å². The first-order valence-electron chi connectivity index (χ1n) is 8.08. The van der Waals surface area contributed by atoms with E-state index in [0.717, 1.165) is 26.2 Å². The minimum absolute atomic E-state index is 0.241. The van der Waals surface area contributed by atoms with E-state index < -0.39 is 0 Å². The van der Waals surface area contributed by atoms with Gasteiger partial charge in [0.2, 0.25) is 5.89 Å². The average molecular weight is 320 g/mol. The molecule has 1 aromatic carbocycles. The highest BCUT2D eigenvalue weighted by Crippen LogP contribution is 2.11. The van der Waals surface area contributed by atoms with Crippen molar-refractivity contribution in [1.29, 1.82) is 0 Å². The predicted molar refractivity (Wildman–Crippen MR) is 87.6 cm³/mol. The molecule has 0 aliphatic rings. The fraction of sp³-hybridized carbons (Fsp3) is 0.529. The van der Waals surface area contributed by atoms with Crippen LogP contribution in [0.5, 0.6) is 0 Å². The first-order valence-corrected chi connectivity index (χ1v) is 8.08. The molecule has 0 saturated carbocycles. The first-order chi connectivity index (χ1) is 11.1. The summed E-state index contributed by atoms with van der Waals surface area (Å²) < 4.78 is 18.9. The Morgan fingerprint density at radius 2 is 1.87 bits per heavy atom. The smallest absolute Gasteiger partial charge is 0.240 e. The van der Waals surface area contributed by atoms with E-state index in [0.29, 0.717) is 30.2 Å². The number of aromatic nitrogens is 2. The molecule has 6 heteroatoms. The van der Waals surface area contributed by atoms with Gasteiger partial charge in [0.05, 0.1) is 6.54 Å². The molecule has 0 spiro atoms. The van der Waals surface area contributed by atoms with E-state index in [4.69, 9.17) is 4.52 Å². The molecule has 0 fully saturated rings. The third-order valence-electron chi connectivity index (χ3n) is 3.91. The van der Waals surface area contributed by atoms with Crippen LogP contribution in [0.15, 0.2) is 28.8 Å². The zero-order valence-electron chi connectivity index (χ0n) is 14.1. The molecule has 0 atom stereocenters. The Morgan fingerprint density at radius 3 is 2.57 bits per heavy atom. The van der Waals surface area contributed by atoms with Gasteiger partial charge >= 0.3 is 0 Å². The number of benzene rings is 1. The topological polar surface area (TPSA) is 45.4 Å². The number of rotatable bonds is 9. The van der Waals surface area contributed by atoms with Crippen molar-refractivity contribution in [2.75, 3.05) is 33.2 Å². The molecule has 2 rings (SSSR count). The molecule has 5 nitrogen and oxygen atoms in total. The third kappa shape index (κ3) is 5.41. The second-order valence-corrected chi connectivity index (χ2v) is 5.64. The molecule has 0 N–H and O–H groups in total. The summed E-state index contributed by atoms with van der Waals surface area (Å²) >= 11 is 0. The lowest BCUT2D eigenvalue weighted by Crippen LogP contribution is -2.32. The van der Waals surface area contributed by atoms with Gasteiger partial charge in [-0.1, -0.05) is 37.2 Å². The summed E-state index contributed by atoms with van der Waals surface area (Å²) in [4.78, 5) is 8.87. The zero-order chi connectivity index (χ0) is 16.7. The van der Waals surface area contributed by atoms with E-state index in [1.165, 1.54) is 6.07 Å². The van der Waals surface area contributed by atoms with Crippen LogP contribution >= 0.6 is 0 Å². The lowest BCUT2D eigenvalue weighted by Gasteiger charge is -2.21. The first kappa shape index (κ1) is 17.6. The Hall–Kier alpha value is -1.79. The molecule has 0 radical (unpaired) electrons. The molecule has 23 heavy (non-hydrogen) atoms. The van der Waals surface area contributed by atoms with E-state index in [2.05, 4.69) is 33.8 Å². The van der Waals surface area contributed by atoms with Gasteiger partial charge in [0.25, 0.3) is 0 Å². The fourth-order valence-electron chi connectivity index (χ4n) is 2.40. The van der Waals surface area contributed by atoms with E-state index in [-0.39, 0.29) is 5.82 Å². The quantitative estimate of drug-likeness (QED) is 0.710. The minimum Gasteiger partial charge on any atom is -0.338 e. The largest absolute Gasteiger partial charge is 0.338 e. The number of likely N-dealkylation sites (N-methyl/N-ethyl adjacent to an activating group) is 2. The van der Waals surface area contributed by atoms with Crippen molar-refractivity contribution in [1.82, 2.24) is 19.9 Å². The van der Waals surface area contributed by atoms with Crippen LogP contribution in [0, 0.1) is 5.82 Å². The van der Waals surface area contributed by atoms with Crippen LogP contribution in [0.4, 0.5) is 4.39 Å². The number of nitrogens with zero attached hydrogens (tertiary/aromatic N) is 4. The third-order valence-corrected chi connectivity index (χ3v) is 3.91. The Bertz CT molecular complexity index is 598. The molecule has 2 aromatic rings. The lowest BCUT2D eigenvalue weighted by atomic mass is 10.1. The van der Waals surface area contributed by atoms with Crippen LogP contribution in [0.25, 0.3) is 0 Å². The predicted octanol–water partition coefficient (Wildman–Crippen LogP) is 2.57. The van der Waals surface area contributed by atoms with Crippen molar-refractivity contribution < 1.29 is 8.91 Å². The molecule has 0 bridgehead atoms. The Balaban J connectivity index is 1.86. The van der Waals surface area contributed by atoms with E-state index in [9.17, 15) is 4.39 Å². The Labute approximate surface area is 137 Å². The van der Waals surface area contributed by atoms with E-state index in [1.54, 1.807) is 18.2 Å². The molecule has 0 aliphatic heterocycles. The van der Waals surface area contributed by atoms with Crippen molar-refractivity contribution in [3.05, 3.63) is 47.4 Å². The molecule has 0 aliphatic carbocycles. The Kier molecular flexibility index (Phi) is 6.67. The fourth-order valence-corrected chi connectivity index (χ4v) is 2.40. The van der Waals surface area contributed by atoms with Gasteiger partial charge in [-0.05, 0) is 31.8 Å². The number of hydrogen-bond acceptors (Lipinski definition) is 5. The maximum absolute atomic E-state index is 13.6. The van der Waals surface area contributed by atoms with Crippen LogP contribution in [0.1, 0.15) is 31.1 Å². The summed E-state index contributed by atoms with van der Waals surface area (Å²) in [6, 6.07) is 6.66. The monoisotopic (exact) mass is 320 g/mol. The lowest BCUT2D eigenvalue weighted by molar-refractivity contribution is 0.217. The van der Waals surface area contributed by atoms with Crippen LogP contribution in [-0.4, -0.2) is 53.2 Å². The SMILES string of the molecule is CCN(CC)CCN(C)Cc1nc(Cc2ccccc2F)no1. The normalized spacial score (nSPS) is 11.6. The van der Waals surface area contributed by atoms with Gasteiger partial charge in [0.15, 0.2) is 5.82 Å². The van der Waals surface area contributed by atoms with Gasteiger partial charge in [-0.15, -0.1) is 0 Å². The highest BCUT2D eigenvalue weighted by Gasteiger charge is 2.12. The van der Waals surface area contributed by atoms with Crippen LogP contribution in [0.3, 0.4) is 0 Å². The van der Waals surface area contributed by atoms with Gasteiger partial charge in [-0.25, -0.2) is 4.39 Å². The standard InChI is InChI=1S/C17H25FN4O/c1-4-22(5-2)11-10-21(3)13-17-19-16(20-23-17)12-14-8-6-7-9-15(14)18/h6-9H,4-5,10-13H2,1-3H3. The molecule has 1 aromatic heterocycles. The van der Waals surface area contributed by atoms with Crippen molar-refractivity contribution in [3.63, 3.8) is 0 Å². The molecular formula is C17H25FN4O. The Morgan fingerprint density at radius 1 is 1.13 bits per heavy atom. The highest BCUT2D eigenvalue weighted by molar-refractivity contribution is 5.20. The molecule has 1 heterocycles. The van der Waals surface area contributed by atoms with E-state index >= 15 is 0 Å². The summed E-state index contributed by atoms with van der Waals surface area (Å²) in [5, 5.41) is 3.94. The van der Waals surface area contributed by atoms with Crippen molar-refractivity contribution in [2.24, 2.45) is 0 Å². The number of halogens is 1. The van der Waals surface area contributed by atoms with Gasteiger partial charge in [-0.3, -0.25) is 4.90 Å². The van der Waals surface area contributed by atoms with Crippen molar-refractivity contribution >= 4 is 0 Å². The van der Waals surface area contributed by atoms with Crippen molar-refractivity contribution in [3.8, 4) is 0 Å². The second-order valence-electron chi connectivity index (χ2n) is 5.64. The zero-order valence-corrected chi connectivity index (χ0v) is 14.1. The summed E-state index contributed by atoms with van der Waals surface area (Å²) in [6.45, 7) is 8.99. The van der Waals surface area contributed by atoms with Crippen LogP contribution < -0.4 is 0 Å². The van der Waals surface area contributed by atoms with Crippen LogP contribution in [-0.2, 0) is 13.0 Å². The summed E-state index contributed by atoms with van der Waals surface area (Å²) in [5.41, 5.74) is 0.578. The highest BCUT2D eigenvalue weighted by atomic mass is 19.1. The van der Waals surface area contributed by atoms with Crippen molar-refractivity contribution in [2.45, 2.75) is 26.8 Å². The summed E-state index contributed by atoms with van der Waals surface area (Å²) in [5.74, 6) is 0.843. The maximum atomic E-state index is 13.6. The average Bonchev–Trinajstić information content (AvgIpc) is 2.97. The number of hydrogen-bond donors (Lipinski definition) is 0. The van der Waals surface area contributed by atoms with Gasteiger partial charge < -0.3 is 9.42 Å². The summed E-state index contributed by atoms with van der Waals surface area (Å²) in [6.07, 6.45) is 0.347. The summed E-state index contributed by atoms with van der Waals surface area (Å²) in [7, 11) is 2.03. The molecule has 0 unspecified atom stereocenters. The van der Waals surface area contributed by atoms with Crippen LogP contribution in [0.2, 0.25) is 0 Å². The minimum atomic E-state index is -0.241. The maximum Gasteiger partial charge on any atom is 0.240 e. The van der Waals surface area contributed by atoms with E-state index in [1.807, 2.05) is 7.05 Å². The van der Waals surface area contributed by atoms with Gasteiger partial charge in [-0.2, -0.15) is 4.98 Å². The second kappa shape index (κ2) is 8.74. The molecule has 0 amide bonds. The molecule has 0 saturated heterocycles.